The van der Waals surface area contributed by atoms with E-state index in [1.54, 1.807) is 44.6 Å². The number of ether oxygens (including phenoxy) is 2. The van der Waals surface area contributed by atoms with Gasteiger partial charge in [-0.1, -0.05) is 0 Å². The number of carbonyl (C=O) groups is 1. The Morgan fingerprint density at radius 3 is 2.52 bits per heavy atom. The van der Waals surface area contributed by atoms with Gasteiger partial charge in [0, 0.05) is 17.2 Å². The molecule has 2 aromatic rings. The summed E-state index contributed by atoms with van der Waals surface area (Å²) in [5.74, 6) is 1.09. The molecule has 0 aliphatic carbocycles. The van der Waals surface area contributed by atoms with Crippen LogP contribution >= 0.6 is 0 Å². The van der Waals surface area contributed by atoms with Crippen LogP contribution in [0.3, 0.4) is 0 Å². The van der Waals surface area contributed by atoms with Gasteiger partial charge in [-0.05, 0) is 62.2 Å². The lowest BCUT2D eigenvalue weighted by molar-refractivity contribution is 0.0939. The molecule has 2 aromatic carbocycles. The number of sulfonamides is 1. The highest BCUT2D eigenvalue weighted by Gasteiger charge is 2.32. The highest BCUT2D eigenvalue weighted by molar-refractivity contribution is 7.92. The fraction of sp³-hybridized carbons (Fsp3) is 0.381. The Balaban J connectivity index is 1.83. The topological polar surface area (TPSA) is 84.9 Å². The van der Waals surface area contributed by atoms with E-state index in [9.17, 15) is 13.2 Å². The Morgan fingerprint density at radius 1 is 1.17 bits per heavy atom. The number of hydrogen-bond donors (Lipinski definition) is 1. The van der Waals surface area contributed by atoms with Crippen molar-refractivity contribution in [2.45, 2.75) is 32.4 Å². The van der Waals surface area contributed by atoms with Crippen LogP contribution in [0, 0.1) is 0 Å². The zero-order chi connectivity index (χ0) is 21.3. The van der Waals surface area contributed by atoms with E-state index in [2.05, 4.69) is 5.32 Å². The maximum atomic E-state index is 12.8. The van der Waals surface area contributed by atoms with Gasteiger partial charge >= 0.3 is 0 Å². The minimum Gasteiger partial charge on any atom is -0.497 e. The third-order valence-corrected chi connectivity index (χ3v) is 6.37. The second-order valence-corrected chi connectivity index (χ2v) is 9.12. The fourth-order valence-electron chi connectivity index (χ4n) is 3.78. The van der Waals surface area contributed by atoms with E-state index >= 15 is 0 Å². The number of rotatable bonds is 6. The summed E-state index contributed by atoms with van der Waals surface area (Å²) in [6, 6.07) is 10.1. The number of hydrogen-bond acceptors (Lipinski definition) is 5. The molecule has 1 heterocycles. The van der Waals surface area contributed by atoms with Gasteiger partial charge < -0.3 is 14.8 Å². The first-order valence-corrected chi connectivity index (χ1v) is 11.2. The average molecular weight is 419 g/mol. The van der Waals surface area contributed by atoms with Crippen molar-refractivity contribution in [3.63, 3.8) is 0 Å². The molecular formula is C21H26N2O5S. The summed E-state index contributed by atoms with van der Waals surface area (Å²) in [6.45, 7) is 3.73. The van der Waals surface area contributed by atoms with Crippen LogP contribution in [0.15, 0.2) is 36.4 Å². The Bertz CT molecular complexity index is 1040. The van der Waals surface area contributed by atoms with Crippen molar-refractivity contribution in [1.29, 1.82) is 0 Å². The molecule has 8 heteroatoms. The molecule has 156 valence electrons. The predicted molar refractivity (Wildman–Crippen MR) is 112 cm³/mol. The van der Waals surface area contributed by atoms with Gasteiger partial charge in [-0.2, -0.15) is 0 Å². The van der Waals surface area contributed by atoms with E-state index in [-0.39, 0.29) is 18.0 Å². The standard InChI is InChI=1S/C21H26N2O5S/c1-13-10-16-11-15(6-8-19(16)23(13)29(5,25)26)21(24)22-14(2)18-12-17(27-3)7-9-20(18)28-4/h6-9,11-14H,10H2,1-5H3,(H,22,24)/t13-,14-/m1/s1. The predicted octanol–water partition coefficient (Wildman–Crippen LogP) is 2.91. The van der Waals surface area contributed by atoms with E-state index in [0.717, 1.165) is 11.1 Å². The summed E-state index contributed by atoms with van der Waals surface area (Å²) < 4.78 is 36.2. The largest absolute Gasteiger partial charge is 0.497 e. The normalized spacial score (nSPS) is 16.9. The smallest absolute Gasteiger partial charge is 0.251 e. The lowest BCUT2D eigenvalue weighted by Gasteiger charge is -2.22. The number of benzene rings is 2. The first kappa shape index (κ1) is 21.0. The van der Waals surface area contributed by atoms with Gasteiger partial charge in [0.15, 0.2) is 0 Å². The van der Waals surface area contributed by atoms with Crippen LogP contribution in [0.1, 0.15) is 41.4 Å². The van der Waals surface area contributed by atoms with Crippen molar-refractivity contribution in [3.05, 3.63) is 53.1 Å². The van der Waals surface area contributed by atoms with E-state index in [4.69, 9.17) is 9.47 Å². The van der Waals surface area contributed by atoms with Crippen molar-refractivity contribution in [2.24, 2.45) is 0 Å². The summed E-state index contributed by atoms with van der Waals surface area (Å²) in [5, 5.41) is 2.98. The van der Waals surface area contributed by atoms with Crippen LogP contribution in [-0.2, 0) is 16.4 Å². The second-order valence-electron chi connectivity index (χ2n) is 7.26. The first-order chi connectivity index (χ1) is 13.7. The Kier molecular flexibility index (Phi) is 5.75. The van der Waals surface area contributed by atoms with Gasteiger partial charge in [0.05, 0.1) is 32.2 Å². The summed E-state index contributed by atoms with van der Waals surface area (Å²) in [6.07, 6.45) is 1.77. The second kappa shape index (κ2) is 7.94. The molecule has 2 atom stereocenters. The molecule has 0 radical (unpaired) electrons. The van der Waals surface area contributed by atoms with E-state index in [1.807, 2.05) is 19.9 Å². The zero-order valence-electron chi connectivity index (χ0n) is 17.2. The van der Waals surface area contributed by atoms with Crippen molar-refractivity contribution >= 4 is 21.6 Å². The van der Waals surface area contributed by atoms with E-state index in [0.29, 0.717) is 29.2 Å². The van der Waals surface area contributed by atoms with Gasteiger partial charge in [-0.15, -0.1) is 0 Å². The zero-order valence-corrected chi connectivity index (χ0v) is 18.0. The van der Waals surface area contributed by atoms with Crippen LogP contribution in [0.5, 0.6) is 11.5 Å². The van der Waals surface area contributed by atoms with E-state index < -0.39 is 10.0 Å². The van der Waals surface area contributed by atoms with Crippen LogP contribution in [0.4, 0.5) is 5.69 Å². The van der Waals surface area contributed by atoms with Crippen molar-refractivity contribution < 1.29 is 22.7 Å². The first-order valence-electron chi connectivity index (χ1n) is 9.30. The molecule has 29 heavy (non-hydrogen) atoms. The molecule has 0 unspecified atom stereocenters. The number of nitrogens with zero attached hydrogens (tertiary/aromatic N) is 1. The molecule has 0 fully saturated rings. The fourth-order valence-corrected chi connectivity index (χ4v) is 5.05. The Hall–Kier alpha value is -2.74. The van der Waals surface area contributed by atoms with Gasteiger partial charge in [0.25, 0.3) is 5.91 Å². The number of fused-ring (bicyclic) bond motifs is 1. The molecule has 1 aliphatic heterocycles. The van der Waals surface area contributed by atoms with Gasteiger partial charge in [-0.3, -0.25) is 9.10 Å². The van der Waals surface area contributed by atoms with Crippen LogP contribution in [0.2, 0.25) is 0 Å². The van der Waals surface area contributed by atoms with E-state index in [1.165, 1.54) is 10.6 Å². The van der Waals surface area contributed by atoms with Gasteiger partial charge in [-0.25, -0.2) is 8.42 Å². The van der Waals surface area contributed by atoms with Crippen molar-refractivity contribution in [1.82, 2.24) is 5.32 Å². The van der Waals surface area contributed by atoms with Crippen LogP contribution in [0.25, 0.3) is 0 Å². The summed E-state index contributed by atoms with van der Waals surface area (Å²) >= 11 is 0. The minimum atomic E-state index is -3.36. The Morgan fingerprint density at radius 2 is 1.90 bits per heavy atom. The molecule has 0 saturated carbocycles. The molecule has 0 saturated heterocycles. The molecule has 3 rings (SSSR count). The molecule has 0 spiro atoms. The maximum absolute atomic E-state index is 12.8. The molecule has 0 bridgehead atoms. The van der Waals surface area contributed by atoms with Gasteiger partial charge in [0.2, 0.25) is 10.0 Å². The lowest BCUT2D eigenvalue weighted by Crippen LogP contribution is -2.34. The van der Waals surface area contributed by atoms with Crippen LogP contribution < -0.4 is 19.1 Å². The number of amides is 1. The summed E-state index contributed by atoms with van der Waals surface area (Å²) in [5.41, 5.74) is 2.78. The molecule has 7 nitrogen and oxygen atoms in total. The third kappa shape index (κ3) is 4.17. The molecule has 1 amide bonds. The monoisotopic (exact) mass is 418 g/mol. The minimum absolute atomic E-state index is 0.168. The van der Waals surface area contributed by atoms with Crippen LogP contribution in [-0.4, -0.2) is 40.8 Å². The molecule has 1 N–H and O–H groups in total. The lowest BCUT2D eigenvalue weighted by atomic mass is 10.0. The quantitative estimate of drug-likeness (QED) is 0.780. The van der Waals surface area contributed by atoms with Crippen molar-refractivity contribution in [2.75, 3.05) is 24.8 Å². The maximum Gasteiger partial charge on any atom is 0.251 e. The highest BCUT2D eigenvalue weighted by Crippen LogP contribution is 2.35. The third-order valence-electron chi connectivity index (χ3n) is 5.10. The summed E-state index contributed by atoms with van der Waals surface area (Å²) in [4.78, 5) is 12.8. The molecule has 0 aromatic heterocycles. The van der Waals surface area contributed by atoms with Gasteiger partial charge in [0.1, 0.15) is 11.5 Å². The number of nitrogens with one attached hydrogen (secondary N) is 1. The highest BCUT2D eigenvalue weighted by atomic mass is 32.2. The summed E-state index contributed by atoms with van der Waals surface area (Å²) in [7, 11) is -0.199. The molecular weight excluding hydrogens is 392 g/mol. The number of anilines is 1. The SMILES string of the molecule is COc1ccc(OC)c([C@@H](C)NC(=O)c2ccc3c(c2)C[C@@H](C)N3S(C)(=O)=O)c1. The number of carbonyl (C=O) groups excluding carboxylic acids is 1. The average Bonchev–Trinajstić information content (AvgIpc) is 3.02. The van der Waals surface area contributed by atoms with Crippen molar-refractivity contribution in [3.8, 4) is 11.5 Å². The number of methoxy groups -OCH3 is 2. The molecule has 1 aliphatic rings. The Labute approximate surface area is 171 Å².